The van der Waals surface area contributed by atoms with Crippen LogP contribution in [0.3, 0.4) is 0 Å². The van der Waals surface area contributed by atoms with Crippen LogP contribution in [0.5, 0.6) is 0 Å². The summed E-state index contributed by atoms with van der Waals surface area (Å²) in [4.78, 5) is 9.53. The Morgan fingerprint density at radius 2 is 1.72 bits per heavy atom. The summed E-state index contributed by atoms with van der Waals surface area (Å²) in [6, 6.07) is 17.0. The molecule has 2 aromatic rings. The molecule has 3 nitrogen and oxygen atoms in total. The van der Waals surface area contributed by atoms with Crippen LogP contribution in [-0.4, -0.2) is 42.6 Å². The quantitative estimate of drug-likeness (QED) is 0.840. The molecular formula is C22H27N3. The van der Waals surface area contributed by atoms with Crippen LogP contribution in [0.2, 0.25) is 0 Å². The maximum absolute atomic E-state index is 4.48. The molecule has 2 heterocycles. The van der Waals surface area contributed by atoms with E-state index in [4.69, 9.17) is 0 Å². The number of benzene rings is 1. The zero-order chi connectivity index (χ0) is 16.9. The van der Waals surface area contributed by atoms with Crippen molar-refractivity contribution in [2.75, 3.05) is 37.6 Å². The Kier molecular flexibility index (Phi) is 5.12. The normalized spacial score (nSPS) is 21.8. The molecule has 1 saturated heterocycles. The summed E-state index contributed by atoms with van der Waals surface area (Å²) in [5.74, 6) is 1.93. The lowest BCUT2D eigenvalue weighted by atomic mass is 9.86. The summed E-state index contributed by atoms with van der Waals surface area (Å²) < 4.78 is 0. The second kappa shape index (κ2) is 7.83. The number of anilines is 1. The highest BCUT2D eigenvalue weighted by Gasteiger charge is 2.22. The zero-order valence-corrected chi connectivity index (χ0v) is 14.8. The van der Waals surface area contributed by atoms with E-state index in [1.165, 1.54) is 36.9 Å². The van der Waals surface area contributed by atoms with Crippen LogP contribution in [0.4, 0.5) is 5.82 Å². The van der Waals surface area contributed by atoms with E-state index >= 15 is 0 Å². The first-order chi connectivity index (χ1) is 12.4. The van der Waals surface area contributed by atoms with E-state index in [1.54, 1.807) is 0 Å². The Balaban J connectivity index is 1.27. The number of hydrogen-bond donors (Lipinski definition) is 0. The molecule has 1 unspecified atom stereocenters. The van der Waals surface area contributed by atoms with E-state index in [-0.39, 0.29) is 0 Å². The smallest absolute Gasteiger partial charge is 0.128 e. The zero-order valence-electron chi connectivity index (χ0n) is 14.8. The summed E-state index contributed by atoms with van der Waals surface area (Å²) in [5, 5.41) is 0. The molecule has 1 atom stereocenters. The van der Waals surface area contributed by atoms with Crippen LogP contribution in [0.1, 0.15) is 24.8 Å². The molecule has 1 aromatic carbocycles. The Morgan fingerprint density at radius 3 is 2.40 bits per heavy atom. The summed E-state index contributed by atoms with van der Waals surface area (Å²) in [6.45, 7) is 5.74. The average Bonchev–Trinajstić information content (AvgIpc) is 2.71. The van der Waals surface area contributed by atoms with Gasteiger partial charge in [-0.05, 0) is 48.4 Å². The standard InChI is InChI=1S/C22H27N3/c1-2-6-20(7-3-1)21-11-9-19(10-12-21)18-24-14-16-25(17-15-24)22-8-4-5-13-23-22/h1-8,11,13,19H,9-10,12,14-18H2. The van der Waals surface area contributed by atoms with Crippen molar-refractivity contribution in [3.63, 3.8) is 0 Å². The fourth-order valence-corrected chi connectivity index (χ4v) is 4.03. The molecule has 1 aromatic heterocycles. The summed E-state index contributed by atoms with van der Waals surface area (Å²) in [7, 11) is 0. The fraction of sp³-hybridized carbons (Fsp3) is 0.409. The molecule has 1 aliphatic carbocycles. The first-order valence-corrected chi connectivity index (χ1v) is 9.51. The third kappa shape index (κ3) is 4.10. The molecule has 1 fully saturated rings. The van der Waals surface area contributed by atoms with Crippen molar-refractivity contribution in [1.29, 1.82) is 0 Å². The van der Waals surface area contributed by atoms with Gasteiger partial charge in [-0.3, -0.25) is 4.90 Å². The molecule has 4 rings (SSSR count). The van der Waals surface area contributed by atoms with E-state index in [0.29, 0.717) is 0 Å². The second-order valence-corrected chi connectivity index (χ2v) is 7.21. The molecule has 0 spiro atoms. The molecule has 25 heavy (non-hydrogen) atoms. The Morgan fingerprint density at radius 1 is 0.920 bits per heavy atom. The molecule has 0 radical (unpaired) electrons. The average molecular weight is 333 g/mol. The SMILES string of the molecule is C1=C(c2ccccc2)CCC(CN2CCN(c3ccccn3)CC2)C1. The molecule has 1 aliphatic heterocycles. The van der Waals surface area contributed by atoms with Gasteiger partial charge >= 0.3 is 0 Å². The molecule has 3 heteroatoms. The van der Waals surface area contributed by atoms with E-state index in [1.807, 2.05) is 12.3 Å². The van der Waals surface area contributed by atoms with Gasteiger partial charge in [0.05, 0.1) is 0 Å². The maximum atomic E-state index is 4.48. The van der Waals surface area contributed by atoms with Crippen molar-refractivity contribution >= 4 is 11.4 Å². The van der Waals surface area contributed by atoms with E-state index in [9.17, 15) is 0 Å². The lowest BCUT2D eigenvalue weighted by Crippen LogP contribution is -2.48. The minimum atomic E-state index is 0.814. The van der Waals surface area contributed by atoms with E-state index in [0.717, 1.165) is 37.9 Å². The van der Waals surface area contributed by atoms with Gasteiger partial charge in [-0.15, -0.1) is 0 Å². The molecule has 130 valence electrons. The Hall–Kier alpha value is -2.13. The number of aromatic nitrogens is 1. The molecule has 0 N–H and O–H groups in total. The van der Waals surface area contributed by atoms with Crippen molar-refractivity contribution in [3.8, 4) is 0 Å². The lowest BCUT2D eigenvalue weighted by molar-refractivity contribution is 0.212. The van der Waals surface area contributed by atoms with Crippen LogP contribution in [0.15, 0.2) is 60.8 Å². The number of rotatable bonds is 4. The highest BCUT2D eigenvalue weighted by molar-refractivity contribution is 5.66. The van der Waals surface area contributed by atoms with Gasteiger partial charge in [-0.25, -0.2) is 4.98 Å². The number of piperazine rings is 1. The van der Waals surface area contributed by atoms with Gasteiger partial charge in [0.15, 0.2) is 0 Å². The Bertz CT molecular complexity index is 688. The molecular weight excluding hydrogens is 306 g/mol. The van der Waals surface area contributed by atoms with Crippen molar-refractivity contribution in [2.45, 2.75) is 19.3 Å². The predicted octanol–water partition coefficient (Wildman–Crippen LogP) is 4.09. The molecule has 0 saturated carbocycles. The third-order valence-corrected chi connectivity index (χ3v) is 5.53. The van der Waals surface area contributed by atoms with Crippen LogP contribution >= 0.6 is 0 Å². The van der Waals surface area contributed by atoms with Gasteiger partial charge in [0.2, 0.25) is 0 Å². The van der Waals surface area contributed by atoms with E-state index in [2.05, 4.69) is 63.3 Å². The first kappa shape index (κ1) is 16.3. The van der Waals surface area contributed by atoms with Gasteiger partial charge in [-0.2, -0.15) is 0 Å². The largest absolute Gasteiger partial charge is 0.354 e. The predicted molar refractivity (Wildman–Crippen MR) is 105 cm³/mol. The number of pyridine rings is 1. The third-order valence-electron chi connectivity index (χ3n) is 5.53. The van der Waals surface area contributed by atoms with Gasteiger partial charge in [0.25, 0.3) is 0 Å². The highest BCUT2D eigenvalue weighted by atomic mass is 15.3. The number of hydrogen-bond acceptors (Lipinski definition) is 3. The number of allylic oxidation sites excluding steroid dienone is 2. The minimum absolute atomic E-state index is 0.814. The Labute approximate surface area is 151 Å². The van der Waals surface area contributed by atoms with Crippen molar-refractivity contribution in [2.24, 2.45) is 5.92 Å². The molecule has 0 bridgehead atoms. The summed E-state index contributed by atoms with van der Waals surface area (Å²) >= 11 is 0. The fourth-order valence-electron chi connectivity index (χ4n) is 4.03. The second-order valence-electron chi connectivity index (χ2n) is 7.21. The highest BCUT2D eigenvalue weighted by Crippen LogP contribution is 2.30. The molecule has 0 amide bonds. The van der Waals surface area contributed by atoms with Gasteiger partial charge in [-0.1, -0.05) is 42.5 Å². The minimum Gasteiger partial charge on any atom is -0.354 e. The monoisotopic (exact) mass is 333 g/mol. The van der Waals surface area contributed by atoms with Gasteiger partial charge in [0, 0.05) is 38.9 Å². The van der Waals surface area contributed by atoms with Gasteiger partial charge in [0.1, 0.15) is 5.82 Å². The van der Waals surface area contributed by atoms with Crippen LogP contribution in [-0.2, 0) is 0 Å². The maximum Gasteiger partial charge on any atom is 0.128 e. The van der Waals surface area contributed by atoms with E-state index < -0.39 is 0 Å². The summed E-state index contributed by atoms with van der Waals surface area (Å²) in [6.07, 6.45) is 8.14. The van der Waals surface area contributed by atoms with Crippen LogP contribution in [0, 0.1) is 5.92 Å². The van der Waals surface area contributed by atoms with Crippen LogP contribution < -0.4 is 4.90 Å². The lowest BCUT2D eigenvalue weighted by Gasteiger charge is -2.37. The van der Waals surface area contributed by atoms with Crippen molar-refractivity contribution in [3.05, 3.63) is 66.4 Å². The molecule has 2 aliphatic rings. The van der Waals surface area contributed by atoms with Crippen molar-refractivity contribution < 1.29 is 0 Å². The topological polar surface area (TPSA) is 19.4 Å². The van der Waals surface area contributed by atoms with Gasteiger partial charge < -0.3 is 4.90 Å². The van der Waals surface area contributed by atoms with Crippen molar-refractivity contribution in [1.82, 2.24) is 9.88 Å². The number of nitrogens with zero attached hydrogens (tertiary/aromatic N) is 3. The van der Waals surface area contributed by atoms with Crippen LogP contribution in [0.25, 0.3) is 5.57 Å². The summed E-state index contributed by atoms with van der Waals surface area (Å²) in [5.41, 5.74) is 2.95. The first-order valence-electron chi connectivity index (χ1n) is 9.51.